The van der Waals surface area contributed by atoms with E-state index in [9.17, 15) is 0 Å². The molecule has 1 aliphatic rings. The third-order valence-electron chi connectivity index (χ3n) is 3.85. The Morgan fingerprint density at radius 3 is 2.21 bits per heavy atom. The Morgan fingerprint density at radius 1 is 1.07 bits per heavy atom. The van der Waals surface area contributed by atoms with Gasteiger partial charge in [-0.15, -0.1) is 0 Å². The summed E-state index contributed by atoms with van der Waals surface area (Å²) in [5.74, 6) is 0.937. The largest absolute Gasteiger partial charge is 0.0625 e. The van der Waals surface area contributed by atoms with Crippen molar-refractivity contribution in [2.24, 2.45) is 5.92 Å². The number of benzene rings is 1. The Labute approximate surface area is 87.3 Å². The normalized spacial score (nSPS) is 32.9. The summed E-state index contributed by atoms with van der Waals surface area (Å²) in [4.78, 5) is 0. The lowest BCUT2D eigenvalue weighted by Gasteiger charge is -2.36. The van der Waals surface area contributed by atoms with Crippen LogP contribution in [0.15, 0.2) is 30.3 Å². The van der Waals surface area contributed by atoms with Gasteiger partial charge in [-0.3, -0.25) is 0 Å². The van der Waals surface area contributed by atoms with Crippen LogP contribution >= 0.6 is 0 Å². The summed E-state index contributed by atoms with van der Waals surface area (Å²) in [7, 11) is 0. The van der Waals surface area contributed by atoms with Crippen molar-refractivity contribution in [1.29, 1.82) is 0 Å². The second-order valence-corrected chi connectivity index (χ2v) is 5.11. The van der Waals surface area contributed by atoms with Crippen molar-refractivity contribution in [1.82, 2.24) is 0 Å². The Bertz CT molecular complexity index is 278. The van der Waals surface area contributed by atoms with E-state index in [0.717, 1.165) is 5.92 Å². The molecule has 0 atom stereocenters. The highest BCUT2D eigenvalue weighted by Gasteiger charge is 2.30. The molecular weight excluding hydrogens is 168 g/mol. The third-order valence-corrected chi connectivity index (χ3v) is 3.85. The fraction of sp³-hybridized carbons (Fsp3) is 0.571. The van der Waals surface area contributed by atoms with Crippen molar-refractivity contribution >= 4 is 0 Å². The van der Waals surface area contributed by atoms with E-state index in [0.29, 0.717) is 5.41 Å². The van der Waals surface area contributed by atoms with Gasteiger partial charge in [-0.1, -0.05) is 44.2 Å². The van der Waals surface area contributed by atoms with E-state index in [1.54, 1.807) is 0 Å². The fourth-order valence-corrected chi connectivity index (χ4v) is 2.53. The van der Waals surface area contributed by atoms with E-state index in [1.807, 2.05) is 0 Å². The molecule has 0 heteroatoms. The summed E-state index contributed by atoms with van der Waals surface area (Å²) >= 11 is 0. The Kier molecular flexibility index (Phi) is 2.62. The molecule has 0 bridgehead atoms. The molecule has 76 valence electrons. The van der Waals surface area contributed by atoms with Crippen LogP contribution in [0.2, 0.25) is 0 Å². The highest BCUT2D eigenvalue weighted by molar-refractivity contribution is 5.24. The Morgan fingerprint density at radius 2 is 1.64 bits per heavy atom. The smallest absolute Gasteiger partial charge is 0.00751 e. The number of hydrogen-bond donors (Lipinski definition) is 0. The van der Waals surface area contributed by atoms with E-state index in [2.05, 4.69) is 44.2 Å². The lowest BCUT2D eigenvalue weighted by atomic mass is 9.68. The summed E-state index contributed by atoms with van der Waals surface area (Å²) in [5.41, 5.74) is 1.99. The zero-order chi connectivity index (χ0) is 10.0. The summed E-state index contributed by atoms with van der Waals surface area (Å²) in [5, 5.41) is 0. The van der Waals surface area contributed by atoms with Gasteiger partial charge < -0.3 is 0 Å². The molecule has 0 aliphatic heterocycles. The van der Waals surface area contributed by atoms with Crippen molar-refractivity contribution in [2.75, 3.05) is 0 Å². The second-order valence-electron chi connectivity index (χ2n) is 5.11. The first-order valence-corrected chi connectivity index (χ1v) is 5.76. The summed E-state index contributed by atoms with van der Waals surface area (Å²) in [6.45, 7) is 4.80. The maximum absolute atomic E-state index is 2.42. The molecule has 0 radical (unpaired) electrons. The maximum Gasteiger partial charge on any atom is -0.00751 e. The zero-order valence-corrected chi connectivity index (χ0v) is 9.29. The van der Waals surface area contributed by atoms with E-state index in [-0.39, 0.29) is 0 Å². The molecule has 14 heavy (non-hydrogen) atoms. The fourth-order valence-electron chi connectivity index (χ4n) is 2.53. The van der Waals surface area contributed by atoms with Gasteiger partial charge in [-0.25, -0.2) is 0 Å². The van der Waals surface area contributed by atoms with E-state index < -0.39 is 0 Å². The Balaban J connectivity index is 2.17. The first-order chi connectivity index (χ1) is 6.71. The van der Waals surface area contributed by atoms with Crippen LogP contribution < -0.4 is 0 Å². The molecule has 0 N–H and O–H groups in total. The van der Waals surface area contributed by atoms with Gasteiger partial charge in [0.1, 0.15) is 0 Å². The van der Waals surface area contributed by atoms with Crippen LogP contribution in [0.3, 0.4) is 0 Å². The standard InChI is InChI=1S/C14H20/c1-12-8-10-14(2,11-9-12)13-6-4-3-5-7-13/h3-7,12H,8-11H2,1-2H3. The molecule has 0 unspecified atom stereocenters. The van der Waals surface area contributed by atoms with Crippen molar-refractivity contribution < 1.29 is 0 Å². The van der Waals surface area contributed by atoms with Crippen molar-refractivity contribution in [2.45, 2.75) is 44.9 Å². The van der Waals surface area contributed by atoms with Crippen LogP contribution in [0.4, 0.5) is 0 Å². The minimum absolute atomic E-state index is 0.452. The van der Waals surface area contributed by atoms with Gasteiger partial charge in [-0.2, -0.15) is 0 Å². The minimum atomic E-state index is 0.452. The van der Waals surface area contributed by atoms with Gasteiger partial charge in [0, 0.05) is 0 Å². The van der Waals surface area contributed by atoms with E-state index in [1.165, 1.54) is 31.2 Å². The molecule has 0 heterocycles. The molecule has 0 amide bonds. The topological polar surface area (TPSA) is 0 Å². The first kappa shape index (κ1) is 9.76. The average Bonchev–Trinajstić information content (AvgIpc) is 2.24. The highest BCUT2D eigenvalue weighted by Crippen LogP contribution is 2.40. The van der Waals surface area contributed by atoms with Crippen LogP contribution in [-0.2, 0) is 5.41 Å². The van der Waals surface area contributed by atoms with E-state index in [4.69, 9.17) is 0 Å². The van der Waals surface area contributed by atoms with Crippen LogP contribution in [-0.4, -0.2) is 0 Å². The van der Waals surface area contributed by atoms with Crippen LogP contribution in [0, 0.1) is 5.92 Å². The molecule has 1 aromatic rings. The van der Waals surface area contributed by atoms with Crippen molar-refractivity contribution in [3.8, 4) is 0 Å². The predicted octanol–water partition coefficient (Wildman–Crippen LogP) is 4.15. The van der Waals surface area contributed by atoms with Gasteiger partial charge in [-0.05, 0) is 42.6 Å². The molecule has 0 spiro atoms. The molecule has 1 aliphatic carbocycles. The molecule has 2 rings (SSSR count). The number of rotatable bonds is 1. The quantitative estimate of drug-likeness (QED) is 0.621. The Hall–Kier alpha value is -0.780. The molecular formula is C14H20. The minimum Gasteiger partial charge on any atom is -0.0625 e. The van der Waals surface area contributed by atoms with Crippen LogP contribution in [0.25, 0.3) is 0 Å². The second kappa shape index (κ2) is 3.76. The van der Waals surface area contributed by atoms with Gasteiger partial charge in [0.05, 0.1) is 0 Å². The van der Waals surface area contributed by atoms with Crippen molar-refractivity contribution in [3.05, 3.63) is 35.9 Å². The zero-order valence-electron chi connectivity index (χ0n) is 9.29. The molecule has 1 aromatic carbocycles. The monoisotopic (exact) mass is 188 g/mol. The van der Waals surface area contributed by atoms with Gasteiger partial charge in [0.25, 0.3) is 0 Å². The van der Waals surface area contributed by atoms with E-state index >= 15 is 0 Å². The van der Waals surface area contributed by atoms with Crippen molar-refractivity contribution in [3.63, 3.8) is 0 Å². The van der Waals surface area contributed by atoms with Gasteiger partial charge in [0.15, 0.2) is 0 Å². The highest BCUT2D eigenvalue weighted by atomic mass is 14.3. The average molecular weight is 188 g/mol. The molecule has 0 saturated heterocycles. The van der Waals surface area contributed by atoms with Crippen LogP contribution in [0.1, 0.15) is 45.1 Å². The van der Waals surface area contributed by atoms with Crippen LogP contribution in [0.5, 0.6) is 0 Å². The van der Waals surface area contributed by atoms with Gasteiger partial charge >= 0.3 is 0 Å². The molecule has 0 aromatic heterocycles. The first-order valence-electron chi connectivity index (χ1n) is 5.76. The maximum atomic E-state index is 2.42. The molecule has 1 fully saturated rings. The number of hydrogen-bond acceptors (Lipinski definition) is 0. The lowest BCUT2D eigenvalue weighted by molar-refractivity contribution is 0.261. The summed E-state index contributed by atoms with van der Waals surface area (Å²) < 4.78 is 0. The molecule has 1 saturated carbocycles. The molecule has 0 nitrogen and oxygen atoms in total. The van der Waals surface area contributed by atoms with Gasteiger partial charge in [0.2, 0.25) is 0 Å². The lowest BCUT2D eigenvalue weighted by Crippen LogP contribution is -2.27. The third kappa shape index (κ3) is 1.84. The summed E-state index contributed by atoms with van der Waals surface area (Å²) in [6.07, 6.45) is 5.51. The SMILES string of the molecule is CC1CCC(C)(c2ccccc2)CC1. The summed E-state index contributed by atoms with van der Waals surface area (Å²) in [6, 6.07) is 11.0. The predicted molar refractivity (Wildman–Crippen MR) is 61.4 cm³/mol.